The molecular weight excluding hydrogens is 456 g/mol. The Labute approximate surface area is 197 Å². The lowest BCUT2D eigenvalue weighted by molar-refractivity contribution is -0.384. The molecule has 3 aromatic rings. The Hall–Kier alpha value is -3.92. The van der Waals surface area contributed by atoms with Gasteiger partial charge in [-0.25, -0.2) is 8.42 Å². The van der Waals surface area contributed by atoms with Crippen LogP contribution in [-0.4, -0.2) is 56.6 Å². The average Bonchev–Trinajstić information content (AvgIpc) is 2.84. The molecular formula is C24H24N4O5S. The second-order valence-electron chi connectivity index (χ2n) is 8.00. The van der Waals surface area contributed by atoms with E-state index in [0.29, 0.717) is 43.1 Å². The second kappa shape index (κ2) is 9.52. The fraction of sp³-hybridized carbons (Fsp3) is 0.208. The van der Waals surface area contributed by atoms with Crippen LogP contribution in [0, 0.1) is 10.1 Å². The predicted molar refractivity (Wildman–Crippen MR) is 130 cm³/mol. The molecule has 3 aromatic carbocycles. The first-order valence-electron chi connectivity index (χ1n) is 10.7. The van der Waals surface area contributed by atoms with Gasteiger partial charge in [-0.05, 0) is 36.4 Å². The molecule has 0 unspecified atom stereocenters. The number of nitro benzene ring substituents is 1. The minimum atomic E-state index is -3.57. The van der Waals surface area contributed by atoms with Crippen molar-refractivity contribution in [3.63, 3.8) is 0 Å². The van der Waals surface area contributed by atoms with E-state index in [4.69, 9.17) is 0 Å². The molecule has 10 heteroatoms. The molecule has 0 aromatic heterocycles. The van der Waals surface area contributed by atoms with Gasteiger partial charge in [-0.3, -0.25) is 14.9 Å². The van der Waals surface area contributed by atoms with Crippen molar-refractivity contribution < 1.29 is 18.1 Å². The Morgan fingerprint density at radius 2 is 1.59 bits per heavy atom. The molecule has 34 heavy (non-hydrogen) atoms. The molecule has 1 heterocycles. The van der Waals surface area contributed by atoms with Crippen molar-refractivity contribution in [3.05, 3.63) is 88.5 Å². The summed E-state index contributed by atoms with van der Waals surface area (Å²) < 4.78 is 23.6. The summed E-state index contributed by atoms with van der Waals surface area (Å²) in [5.41, 5.74) is 2.20. The molecule has 1 fully saturated rings. The van der Waals surface area contributed by atoms with Crippen LogP contribution in [0.5, 0.6) is 0 Å². The highest BCUT2D eigenvalue weighted by Crippen LogP contribution is 2.32. The van der Waals surface area contributed by atoms with E-state index >= 15 is 0 Å². The molecule has 0 atom stereocenters. The van der Waals surface area contributed by atoms with E-state index < -0.39 is 14.8 Å². The summed E-state index contributed by atoms with van der Waals surface area (Å²) in [6.07, 6.45) is 1.01. The third-order valence-corrected chi connectivity index (χ3v) is 6.80. The molecule has 1 N–H and O–H groups in total. The molecule has 1 aliphatic rings. The van der Waals surface area contributed by atoms with Crippen molar-refractivity contribution in [2.24, 2.45) is 0 Å². The topological polar surface area (TPSA) is 113 Å². The van der Waals surface area contributed by atoms with Crippen molar-refractivity contribution in [1.29, 1.82) is 0 Å². The number of carbonyl (C=O) groups is 1. The maximum atomic E-state index is 13.3. The number of carbonyl (C=O) groups excluding carboxylic acids is 1. The van der Waals surface area contributed by atoms with Crippen LogP contribution in [0.1, 0.15) is 10.4 Å². The molecule has 1 aliphatic heterocycles. The number of sulfone groups is 1. The first-order valence-corrected chi connectivity index (χ1v) is 12.6. The Morgan fingerprint density at radius 3 is 2.24 bits per heavy atom. The lowest BCUT2D eigenvalue weighted by Gasteiger charge is -2.36. The number of rotatable bonds is 6. The van der Waals surface area contributed by atoms with Crippen molar-refractivity contribution >= 4 is 38.5 Å². The van der Waals surface area contributed by atoms with E-state index in [2.05, 4.69) is 5.32 Å². The zero-order valence-corrected chi connectivity index (χ0v) is 19.4. The molecule has 0 radical (unpaired) electrons. The second-order valence-corrected chi connectivity index (χ2v) is 10.0. The van der Waals surface area contributed by atoms with Crippen LogP contribution in [0.2, 0.25) is 0 Å². The zero-order valence-electron chi connectivity index (χ0n) is 18.5. The number of para-hydroxylation sites is 2. The number of nitro groups is 1. The van der Waals surface area contributed by atoms with E-state index in [9.17, 15) is 23.3 Å². The van der Waals surface area contributed by atoms with Crippen molar-refractivity contribution in [2.75, 3.05) is 42.7 Å². The molecule has 1 saturated heterocycles. The standard InChI is InChI=1S/C24H24N4O5S/c1-34(32,33)19-11-12-22(23(17-19)28(30)31)26-13-15-27(16-14-26)24(29)20-9-5-6-10-21(20)25-18-7-3-2-4-8-18/h2-12,17,25H,13-16H2,1H3. The van der Waals surface area contributed by atoms with Gasteiger partial charge in [-0.15, -0.1) is 0 Å². The maximum Gasteiger partial charge on any atom is 0.293 e. The molecule has 0 spiro atoms. The van der Waals surface area contributed by atoms with Gasteiger partial charge in [0.1, 0.15) is 5.69 Å². The van der Waals surface area contributed by atoms with Crippen molar-refractivity contribution in [2.45, 2.75) is 4.90 Å². The number of benzene rings is 3. The SMILES string of the molecule is CS(=O)(=O)c1ccc(N2CCN(C(=O)c3ccccc3Nc3ccccc3)CC2)c([N+](=O)[O-])c1. The van der Waals surface area contributed by atoms with Crippen LogP contribution in [0.4, 0.5) is 22.7 Å². The highest BCUT2D eigenvalue weighted by molar-refractivity contribution is 7.90. The van der Waals surface area contributed by atoms with Gasteiger partial charge in [0, 0.05) is 44.2 Å². The number of hydrogen-bond donors (Lipinski definition) is 1. The normalized spacial score (nSPS) is 14.0. The van der Waals surface area contributed by atoms with E-state index in [0.717, 1.165) is 18.0 Å². The summed E-state index contributed by atoms with van der Waals surface area (Å²) >= 11 is 0. The van der Waals surface area contributed by atoms with E-state index in [1.807, 2.05) is 53.4 Å². The fourth-order valence-corrected chi connectivity index (χ4v) is 4.56. The van der Waals surface area contributed by atoms with Crippen LogP contribution < -0.4 is 10.2 Å². The van der Waals surface area contributed by atoms with Gasteiger partial charge < -0.3 is 15.1 Å². The van der Waals surface area contributed by atoms with Gasteiger partial charge in [0.2, 0.25) is 0 Å². The van der Waals surface area contributed by atoms with Gasteiger partial charge >= 0.3 is 0 Å². The Morgan fingerprint density at radius 1 is 0.941 bits per heavy atom. The lowest BCUT2D eigenvalue weighted by Crippen LogP contribution is -2.49. The monoisotopic (exact) mass is 480 g/mol. The summed E-state index contributed by atoms with van der Waals surface area (Å²) in [7, 11) is -3.57. The van der Waals surface area contributed by atoms with E-state index in [1.165, 1.54) is 12.1 Å². The summed E-state index contributed by atoms with van der Waals surface area (Å²) in [6.45, 7) is 1.53. The quantitative estimate of drug-likeness (QED) is 0.423. The van der Waals surface area contributed by atoms with Crippen LogP contribution in [0.3, 0.4) is 0 Å². The number of nitrogens with zero attached hydrogens (tertiary/aromatic N) is 3. The Bertz CT molecular complexity index is 1320. The van der Waals surface area contributed by atoms with E-state index in [1.54, 1.807) is 11.0 Å². The minimum Gasteiger partial charge on any atom is -0.362 e. The Kier molecular flexibility index (Phi) is 6.51. The summed E-state index contributed by atoms with van der Waals surface area (Å²) in [4.78, 5) is 27.7. The number of amides is 1. The summed E-state index contributed by atoms with van der Waals surface area (Å²) in [5, 5.41) is 14.9. The van der Waals surface area contributed by atoms with Crippen LogP contribution in [0.15, 0.2) is 77.7 Å². The van der Waals surface area contributed by atoms with Crippen LogP contribution in [0.25, 0.3) is 0 Å². The molecule has 176 valence electrons. The maximum absolute atomic E-state index is 13.3. The molecule has 0 saturated carbocycles. The zero-order chi connectivity index (χ0) is 24.3. The summed E-state index contributed by atoms with van der Waals surface area (Å²) in [5.74, 6) is -0.124. The molecule has 9 nitrogen and oxygen atoms in total. The molecule has 0 aliphatic carbocycles. The first kappa shape index (κ1) is 23.2. The molecule has 1 amide bonds. The van der Waals surface area contributed by atoms with Gasteiger partial charge in [0.05, 0.1) is 21.1 Å². The largest absolute Gasteiger partial charge is 0.362 e. The van der Waals surface area contributed by atoms with Crippen LogP contribution >= 0.6 is 0 Å². The Balaban J connectivity index is 1.50. The molecule has 4 rings (SSSR count). The fourth-order valence-electron chi connectivity index (χ4n) is 3.92. The minimum absolute atomic E-state index is 0.0979. The smallest absolute Gasteiger partial charge is 0.293 e. The highest BCUT2D eigenvalue weighted by Gasteiger charge is 2.28. The number of hydrogen-bond acceptors (Lipinski definition) is 7. The van der Waals surface area contributed by atoms with E-state index in [-0.39, 0.29) is 16.5 Å². The van der Waals surface area contributed by atoms with Gasteiger partial charge in [0.25, 0.3) is 11.6 Å². The number of nitrogens with one attached hydrogen (secondary N) is 1. The number of piperazine rings is 1. The van der Waals surface area contributed by atoms with Crippen molar-refractivity contribution in [1.82, 2.24) is 4.90 Å². The van der Waals surface area contributed by atoms with Gasteiger partial charge in [0.15, 0.2) is 9.84 Å². The lowest BCUT2D eigenvalue weighted by atomic mass is 10.1. The van der Waals surface area contributed by atoms with Gasteiger partial charge in [-0.2, -0.15) is 0 Å². The third-order valence-electron chi connectivity index (χ3n) is 5.69. The van der Waals surface area contributed by atoms with Crippen LogP contribution in [-0.2, 0) is 9.84 Å². The third kappa shape index (κ3) is 5.01. The first-order chi connectivity index (χ1) is 16.2. The van der Waals surface area contributed by atoms with Gasteiger partial charge in [-0.1, -0.05) is 30.3 Å². The van der Waals surface area contributed by atoms with Crippen molar-refractivity contribution in [3.8, 4) is 0 Å². The molecule has 0 bridgehead atoms. The predicted octanol–water partition coefficient (Wildman–Crippen LogP) is 3.70. The summed E-state index contributed by atoms with van der Waals surface area (Å²) in [6, 6.07) is 20.8. The number of anilines is 3. The average molecular weight is 481 g/mol. The highest BCUT2D eigenvalue weighted by atomic mass is 32.2.